The van der Waals surface area contributed by atoms with Crippen LogP contribution in [0.4, 0.5) is 0 Å². The molecular weight excluding hydrogens is 260 g/mol. The average molecular weight is 285 g/mol. The Balaban J connectivity index is 0.00000180. The largest absolute Gasteiger partial charge is 0.494 e. The second-order valence-corrected chi connectivity index (χ2v) is 5.02. The minimum absolute atomic E-state index is 0. The maximum absolute atomic E-state index is 5.79. The van der Waals surface area contributed by atoms with E-state index in [4.69, 9.17) is 10.5 Å². The number of ether oxygens (including phenoxy) is 1. The molecular formula is C15H25ClN2O. The number of piperidine rings is 1. The van der Waals surface area contributed by atoms with Crippen LogP contribution in [0.2, 0.25) is 0 Å². The summed E-state index contributed by atoms with van der Waals surface area (Å²) in [4.78, 5) is 2.50. The van der Waals surface area contributed by atoms with Crippen LogP contribution in [0.15, 0.2) is 24.3 Å². The normalized spacial score (nSPS) is 19.8. The number of rotatable bonds is 5. The summed E-state index contributed by atoms with van der Waals surface area (Å²) in [5.74, 6) is 1.69. The Morgan fingerprint density at radius 3 is 2.89 bits per heavy atom. The maximum atomic E-state index is 5.79. The summed E-state index contributed by atoms with van der Waals surface area (Å²) < 4.78 is 5.68. The van der Waals surface area contributed by atoms with Gasteiger partial charge in [0.15, 0.2) is 0 Å². The number of para-hydroxylation sites is 1. The van der Waals surface area contributed by atoms with E-state index in [0.717, 1.165) is 32.0 Å². The van der Waals surface area contributed by atoms with Gasteiger partial charge in [0.25, 0.3) is 0 Å². The van der Waals surface area contributed by atoms with E-state index < -0.39 is 0 Å². The zero-order chi connectivity index (χ0) is 12.8. The van der Waals surface area contributed by atoms with Crippen LogP contribution < -0.4 is 10.5 Å². The molecule has 0 aromatic heterocycles. The van der Waals surface area contributed by atoms with Gasteiger partial charge in [-0.15, -0.1) is 12.4 Å². The monoisotopic (exact) mass is 284 g/mol. The molecule has 1 unspecified atom stereocenters. The second kappa shape index (κ2) is 8.41. The van der Waals surface area contributed by atoms with Crippen LogP contribution in [0, 0.1) is 5.92 Å². The molecule has 1 aromatic rings. The van der Waals surface area contributed by atoms with Gasteiger partial charge in [-0.05, 0) is 44.8 Å². The summed E-state index contributed by atoms with van der Waals surface area (Å²) in [7, 11) is 0. The maximum Gasteiger partial charge on any atom is 0.123 e. The summed E-state index contributed by atoms with van der Waals surface area (Å²) in [5, 5.41) is 0. The summed E-state index contributed by atoms with van der Waals surface area (Å²) in [6, 6.07) is 8.34. The number of hydrogen-bond acceptors (Lipinski definition) is 3. The summed E-state index contributed by atoms with van der Waals surface area (Å²) in [5.41, 5.74) is 7.07. The van der Waals surface area contributed by atoms with Crippen LogP contribution in [0.1, 0.15) is 25.3 Å². The fraction of sp³-hybridized carbons (Fsp3) is 0.600. The van der Waals surface area contributed by atoms with Gasteiger partial charge in [0.05, 0.1) is 6.61 Å². The molecule has 1 saturated heterocycles. The Morgan fingerprint density at radius 1 is 1.37 bits per heavy atom. The number of benzene rings is 1. The van der Waals surface area contributed by atoms with Crippen LogP contribution in [0.5, 0.6) is 5.75 Å². The van der Waals surface area contributed by atoms with E-state index >= 15 is 0 Å². The molecule has 1 aliphatic rings. The van der Waals surface area contributed by atoms with Gasteiger partial charge in [-0.1, -0.05) is 18.2 Å². The molecule has 2 N–H and O–H groups in total. The highest BCUT2D eigenvalue weighted by atomic mass is 35.5. The first-order valence-corrected chi connectivity index (χ1v) is 6.96. The van der Waals surface area contributed by atoms with Crippen LogP contribution in [-0.4, -0.2) is 31.1 Å². The van der Waals surface area contributed by atoms with Crippen LogP contribution >= 0.6 is 12.4 Å². The second-order valence-electron chi connectivity index (χ2n) is 5.02. The zero-order valence-electron chi connectivity index (χ0n) is 11.7. The van der Waals surface area contributed by atoms with E-state index in [1.807, 2.05) is 13.0 Å². The van der Waals surface area contributed by atoms with Crippen molar-refractivity contribution in [3.05, 3.63) is 29.8 Å². The van der Waals surface area contributed by atoms with Gasteiger partial charge in [0.2, 0.25) is 0 Å². The molecule has 1 aromatic carbocycles. The molecule has 3 nitrogen and oxygen atoms in total. The summed E-state index contributed by atoms with van der Waals surface area (Å²) in [6.07, 6.45) is 2.54. The Labute approximate surface area is 122 Å². The molecule has 0 saturated carbocycles. The van der Waals surface area contributed by atoms with E-state index in [2.05, 4.69) is 23.1 Å². The zero-order valence-corrected chi connectivity index (χ0v) is 12.5. The van der Waals surface area contributed by atoms with E-state index in [1.165, 1.54) is 24.9 Å². The molecule has 2 rings (SSSR count). The third kappa shape index (κ3) is 4.68. The van der Waals surface area contributed by atoms with Crippen molar-refractivity contribution in [2.45, 2.75) is 26.3 Å². The number of likely N-dealkylation sites (tertiary alicyclic amines) is 1. The lowest BCUT2D eigenvalue weighted by atomic mass is 9.98. The van der Waals surface area contributed by atoms with Crippen molar-refractivity contribution in [3.8, 4) is 5.75 Å². The molecule has 1 atom stereocenters. The molecule has 0 radical (unpaired) electrons. The number of nitrogens with zero attached hydrogens (tertiary/aromatic N) is 1. The fourth-order valence-electron chi connectivity index (χ4n) is 2.66. The van der Waals surface area contributed by atoms with E-state index in [9.17, 15) is 0 Å². The smallest absolute Gasteiger partial charge is 0.123 e. The van der Waals surface area contributed by atoms with Crippen molar-refractivity contribution in [1.82, 2.24) is 4.90 Å². The molecule has 1 fully saturated rings. The predicted octanol–water partition coefficient (Wildman–Crippen LogP) is 2.68. The minimum Gasteiger partial charge on any atom is -0.494 e. The van der Waals surface area contributed by atoms with Gasteiger partial charge in [-0.25, -0.2) is 0 Å². The molecule has 19 heavy (non-hydrogen) atoms. The lowest BCUT2D eigenvalue weighted by Crippen LogP contribution is -2.37. The highest BCUT2D eigenvalue weighted by molar-refractivity contribution is 5.85. The first-order chi connectivity index (χ1) is 8.83. The van der Waals surface area contributed by atoms with E-state index in [0.29, 0.717) is 5.92 Å². The Hall–Kier alpha value is -0.770. The van der Waals surface area contributed by atoms with Gasteiger partial charge in [-0.2, -0.15) is 0 Å². The van der Waals surface area contributed by atoms with Crippen LogP contribution in [0.3, 0.4) is 0 Å². The molecule has 4 heteroatoms. The van der Waals surface area contributed by atoms with Crippen molar-refractivity contribution in [2.75, 3.05) is 26.2 Å². The SMILES string of the molecule is CCOc1ccccc1CN1CCCC(CN)C1.Cl. The van der Waals surface area contributed by atoms with Crippen LogP contribution in [-0.2, 0) is 6.54 Å². The molecule has 108 valence electrons. The van der Waals surface area contributed by atoms with Gasteiger partial charge in [0, 0.05) is 18.7 Å². The van der Waals surface area contributed by atoms with Crippen molar-refractivity contribution in [2.24, 2.45) is 11.7 Å². The third-order valence-electron chi connectivity index (χ3n) is 3.60. The third-order valence-corrected chi connectivity index (χ3v) is 3.60. The number of halogens is 1. The predicted molar refractivity (Wildman–Crippen MR) is 81.9 cm³/mol. The highest BCUT2D eigenvalue weighted by Crippen LogP contribution is 2.23. The molecule has 0 spiro atoms. The summed E-state index contributed by atoms with van der Waals surface area (Å²) >= 11 is 0. The van der Waals surface area contributed by atoms with Gasteiger partial charge in [-0.3, -0.25) is 4.90 Å². The van der Waals surface area contributed by atoms with E-state index in [-0.39, 0.29) is 12.4 Å². The fourth-order valence-corrected chi connectivity index (χ4v) is 2.66. The van der Waals surface area contributed by atoms with Gasteiger partial charge >= 0.3 is 0 Å². The number of nitrogens with two attached hydrogens (primary N) is 1. The van der Waals surface area contributed by atoms with Crippen molar-refractivity contribution in [1.29, 1.82) is 0 Å². The quantitative estimate of drug-likeness (QED) is 0.903. The minimum atomic E-state index is 0. The lowest BCUT2D eigenvalue weighted by Gasteiger charge is -2.32. The number of hydrogen-bond donors (Lipinski definition) is 1. The molecule has 0 bridgehead atoms. The standard InChI is InChI=1S/C15H24N2O.ClH/c1-2-18-15-8-4-3-7-14(15)12-17-9-5-6-13(10-16)11-17;/h3-4,7-8,13H,2,5-6,9-12,16H2,1H3;1H. The van der Waals surface area contributed by atoms with E-state index in [1.54, 1.807) is 0 Å². The Kier molecular flexibility index (Phi) is 7.21. The van der Waals surface area contributed by atoms with Gasteiger partial charge in [0.1, 0.15) is 5.75 Å². The molecule has 0 amide bonds. The summed E-state index contributed by atoms with van der Waals surface area (Å²) in [6.45, 7) is 6.84. The Morgan fingerprint density at radius 2 is 2.16 bits per heavy atom. The van der Waals surface area contributed by atoms with Crippen LogP contribution in [0.25, 0.3) is 0 Å². The first kappa shape index (κ1) is 16.3. The molecule has 1 aliphatic heterocycles. The van der Waals surface area contributed by atoms with Crippen molar-refractivity contribution >= 4 is 12.4 Å². The lowest BCUT2D eigenvalue weighted by molar-refractivity contribution is 0.169. The highest BCUT2D eigenvalue weighted by Gasteiger charge is 2.19. The topological polar surface area (TPSA) is 38.5 Å². The van der Waals surface area contributed by atoms with Crippen molar-refractivity contribution < 1.29 is 4.74 Å². The van der Waals surface area contributed by atoms with Gasteiger partial charge < -0.3 is 10.5 Å². The molecule has 0 aliphatic carbocycles. The first-order valence-electron chi connectivity index (χ1n) is 6.96. The Bertz CT molecular complexity index is 373. The average Bonchev–Trinajstić information content (AvgIpc) is 2.41. The van der Waals surface area contributed by atoms with Crippen molar-refractivity contribution in [3.63, 3.8) is 0 Å². The molecule has 1 heterocycles.